The fourth-order valence-corrected chi connectivity index (χ4v) is 2.72. The lowest BCUT2D eigenvalue weighted by Gasteiger charge is -2.29. The minimum atomic E-state index is -1.02. The lowest BCUT2D eigenvalue weighted by Crippen LogP contribution is -2.48. The van der Waals surface area contributed by atoms with Gasteiger partial charge in [0, 0.05) is 19.9 Å². The topological polar surface area (TPSA) is 82.1 Å². The van der Waals surface area contributed by atoms with Crippen LogP contribution in [0.15, 0.2) is 30.3 Å². The Kier molecular flexibility index (Phi) is 6.23. The van der Waals surface area contributed by atoms with E-state index in [-0.39, 0.29) is 13.2 Å². The maximum atomic E-state index is 12.6. The van der Waals surface area contributed by atoms with Crippen LogP contribution in [-0.4, -0.2) is 47.2 Å². The molecule has 0 aromatic heterocycles. The van der Waals surface area contributed by atoms with Gasteiger partial charge >= 0.3 is 18.0 Å². The lowest BCUT2D eigenvalue weighted by molar-refractivity contribution is -0.159. The Morgan fingerprint density at radius 1 is 1.15 bits per heavy atom. The van der Waals surface area contributed by atoms with Crippen molar-refractivity contribution in [2.75, 3.05) is 6.54 Å². The number of esters is 2. The highest BCUT2D eigenvalue weighted by molar-refractivity contribution is 5.83. The van der Waals surface area contributed by atoms with E-state index in [2.05, 4.69) is 0 Å². The molecule has 1 aromatic rings. The summed E-state index contributed by atoms with van der Waals surface area (Å²) in [6.07, 6.45) is -1.03. The Hall–Kier alpha value is -2.57. The molecule has 2 atom stereocenters. The Morgan fingerprint density at radius 3 is 2.38 bits per heavy atom. The SMILES string of the molecule is CC(=O)O[C@@H]1CCN(C(=O)OC(C)(C)C)[C@@H]1C(=O)OCc1ccccc1. The van der Waals surface area contributed by atoms with Gasteiger partial charge in [0.2, 0.25) is 0 Å². The number of rotatable bonds is 4. The molecule has 26 heavy (non-hydrogen) atoms. The second-order valence-corrected chi connectivity index (χ2v) is 7.15. The first-order valence-corrected chi connectivity index (χ1v) is 8.55. The Labute approximate surface area is 153 Å². The van der Waals surface area contributed by atoms with Gasteiger partial charge in [0.1, 0.15) is 18.3 Å². The third-order valence-electron chi connectivity index (χ3n) is 3.75. The molecule has 0 unspecified atom stereocenters. The zero-order chi connectivity index (χ0) is 19.3. The van der Waals surface area contributed by atoms with Crippen molar-refractivity contribution < 1.29 is 28.6 Å². The molecule has 0 aliphatic carbocycles. The predicted molar refractivity (Wildman–Crippen MR) is 93.1 cm³/mol. The first-order valence-electron chi connectivity index (χ1n) is 8.55. The van der Waals surface area contributed by atoms with Crippen molar-refractivity contribution in [1.29, 1.82) is 0 Å². The summed E-state index contributed by atoms with van der Waals surface area (Å²) in [7, 11) is 0. The monoisotopic (exact) mass is 363 g/mol. The second kappa shape index (κ2) is 8.21. The van der Waals surface area contributed by atoms with Gasteiger partial charge in [-0.15, -0.1) is 0 Å². The molecule has 0 saturated carbocycles. The second-order valence-electron chi connectivity index (χ2n) is 7.15. The third-order valence-corrected chi connectivity index (χ3v) is 3.75. The number of hydrogen-bond acceptors (Lipinski definition) is 6. The molecule has 1 aromatic carbocycles. The molecule has 142 valence electrons. The van der Waals surface area contributed by atoms with Crippen LogP contribution in [0.3, 0.4) is 0 Å². The highest BCUT2D eigenvalue weighted by atomic mass is 16.6. The van der Waals surface area contributed by atoms with Crippen LogP contribution >= 0.6 is 0 Å². The van der Waals surface area contributed by atoms with Gasteiger partial charge in [0.25, 0.3) is 0 Å². The van der Waals surface area contributed by atoms with Gasteiger partial charge < -0.3 is 14.2 Å². The molecule has 0 N–H and O–H groups in total. The summed E-state index contributed by atoms with van der Waals surface area (Å²) in [5, 5.41) is 0. The Bertz CT molecular complexity index is 652. The minimum Gasteiger partial charge on any atom is -0.460 e. The summed E-state index contributed by atoms with van der Waals surface area (Å²) in [6.45, 7) is 6.82. The van der Waals surface area contributed by atoms with E-state index in [1.165, 1.54) is 11.8 Å². The summed E-state index contributed by atoms with van der Waals surface area (Å²) >= 11 is 0. The number of nitrogens with zero attached hydrogens (tertiary/aromatic N) is 1. The smallest absolute Gasteiger partial charge is 0.411 e. The number of likely N-dealkylation sites (tertiary alicyclic amines) is 1. The molecular formula is C19H25NO6. The molecule has 7 nitrogen and oxygen atoms in total. The number of hydrogen-bond donors (Lipinski definition) is 0. The van der Waals surface area contributed by atoms with Crippen molar-refractivity contribution in [2.24, 2.45) is 0 Å². The number of carbonyl (C=O) groups excluding carboxylic acids is 3. The first kappa shape index (κ1) is 19.8. The third kappa shape index (κ3) is 5.47. The standard InChI is InChI=1S/C19H25NO6/c1-13(21)25-15-10-11-20(18(23)26-19(2,3)4)16(15)17(22)24-12-14-8-6-5-7-9-14/h5-9,15-16H,10-12H2,1-4H3/t15-,16+/m1/s1. The molecule has 2 rings (SSSR count). The van der Waals surface area contributed by atoms with Gasteiger partial charge in [-0.05, 0) is 26.3 Å². The zero-order valence-corrected chi connectivity index (χ0v) is 15.6. The molecule has 0 bridgehead atoms. The maximum Gasteiger partial charge on any atom is 0.411 e. The first-order chi connectivity index (χ1) is 12.2. The van der Waals surface area contributed by atoms with Gasteiger partial charge in [0.05, 0.1) is 0 Å². The molecule has 1 aliphatic heterocycles. The van der Waals surface area contributed by atoms with E-state index in [9.17, 15) is 14.4 Å². The summed E-state index contributed by atoms with van der Waals surface area (Å²) in [4.78, 5) is 37.7. The van der Waals surface area contributed by atoms with Crippen LogP contribution in [0, 0.1) is 0 Å². The van der Waals surface area contributed by atoms with E-state index >= 15 is 0 Å². The van der Waals surface area contributed by atoms with E-state index in [1.807, 2.05) is 30.3 Å². The van der Waals surface area contributed by atoms with Gasteiger partial charge in [-0.2, -0.15) is 0 Å². The van der Waals surface area contributed by atoms with Gasteiger partial charge in [-0.1, -0.05) is 30.3 Å². The molecule has 1 fully saturated rings. The van der Waals surface area contributed by atoms with E-state index < -0.39 is 35.8 Å². The quantitative estimate of drug-likeness (QED) is 0.604. The molecular weight excluding hydrogens is 338 g/mol. The summed E-state index contributed by atoms with van der Waals surface area (Å²) in [5.41, 5.74) is 0.126. The van der Waals surface area contributed by atoms with Crippen LogP contribution in [0.4, 0.5) is 4.79 Å². The van der Waals surface area contributed by atoms with Crippen molar-refractivity contribution in [1.82, 2.24) is 4.90 Å². The van der Waals surface area contributed by atoms with Crippen LogP contribution in [-0.2, 0) is 30.4 Å². The van der Waals surface area contributed by atoms with Crippen molar-refractivity contribution in [3.63, 3.8) is 0 Å². The fraction of sp³-hybridized carbons (Fsp3) is 0.526. The number of amides is 1. The highest BCUT2D eigenvalue weighted by Crippen LogP contribution is 2.25. The van der Waals surface area contributed by atoms with Crippen molar-refractivity contribution in [3.8, 4) is 0 Å². The van der Waals surface area contributed by atoms with E-state index in [1.54, 1.807) is 20.8 Å². The molecule has 1 aliphatic rings. The minimum absolute atomic E-state index is 0.0745. The molecule has 1 heterocycles. The molecule has 7 heteroatoms. The Balaban J connectivity index is 2.11. The zero-order valence-electron chi connectivity index (χ0n) is 15.6. The van der Waals surface area contributed by atoms with Crippen molar-refractivity contribution >= 4 is 18.0 Å². The molecule has 1 amide bonds. The highest BCUT2D eigenvalue weighted by Gasteiger charge is 2.46. The van der Waals surface area contributed by atoms with E-state index in [0.717, 1.165) is 5.56 Å². The summed E-state index contributed by atoms with van der Waals surface area (Å²) < 4.78 is 15.9. The van der Waals surface area contributed by atoms with Crippen LogP contribution in [0.25, 0.3) is 0 Å². The van der Waals surface area contributed by atoms with Crippen LogP contribution in [0.2, 0.25) is 0 Å². The molecule has 0 spiro atoms. The largest absolute Gasteiger partial charge is 0.460 e. The van der Waals surface area contributed by atoms with Crippen molar-refractivity contribution in [3.05, 3.63) is 35.9 Å². The lowest BCUT2D eigenvalue weighted by atomic mass is 10.1. The van der Waals surface area contributed by atoms with Crippen LogP contribution < -0.4 is 0 Å². The fourth-order valence-electron chi connectivity index (χ4n) is 2.72. The average molecular weight is 363 g/mol. The maximum absolute atomic E-state index is 12.6. The van der Waals surface area contributed by atoms with Crippen molar-refractivity contribution in [2.45, 2.75) is 58.5 Å². The predicted octanol–water partition coefficient (Wildman–Crippen LogP) is 2.67. The summed E-state index contributed by atoms with van der Waals surface area (Å²) in [6, 6.07) is 8.19. The average Bonchev–Trinajstić information content (AvgIpc) is 2.95. The summed E-state index contributed by atoms with van der Waals surface area (Å²) in [5.74, 6) is -1.13. The molecule has 0 radical (unpaired) electrons. The number of benzene rings is 1. The van der Waals surface area contributed by atoms with Gasteiger partial charge in [-0.3, -0.25) is 9.69 Å². The number of ether oxygens (including phenoxy) is 3. The molecule has 1 saturated heterocycles. The Morgan fingerprint density at radius 2 is 1.81 bits per heavy atom. The number of carbonyl (C=O) groups is 3. The van der Waals surface area contributed by atoms with Crippen LogP contribution in [0.5, 0.6) is 0 Å². The van der Waals surface area contributed by atoms with Crippen LogP contribution in [0.1, 0.15) is 39.7 Å². The van der Waals surface area contributed by atoms with Gasteiger partial charge in [0.15, 0.2) is 6.04 Å². The van der Waals surface area contributed by atoms with E-state index in [0.29, 0.717) is 6.42 Å². The normalized spacial score (nSPS) is 19.8. The van der Waals surface area contributed by atoms with E-state index in [4.69, 9.17) is 14.2 Å². The van der Waals surface area contributed by atoms with Gasteiger partial charge in [-0.25, -0.2) is 9.59 Å².